The maximum atomic E-state index is 4.22. The molecule has 0 aliphatic carbocycles. The van der Waals surface area contributed by atoms with Crippen LogP contribution in [0.1, 0.15) is 5.56 Å². The van der Waals surface area contributed by atoms with Crippen LogP contribution in [0.25, 0.3) is 11.0 Å². The molecule has 0 saturated carbocycles. The third-order valence-corrected chi connectivity index (χ3v) is 2.97. The van der Waals surface area contributed by atoms with E-state index in [0.29, 0.717) is 0 Å². The minimum absolute atomic E-state index is 1.04. The van der Waals surface area contributed by atoms with Gasteiger partial charge in [-0.25, -0.2) is 4.98 Å². The Labute approximate surface area is 79.6 Å². The van der Waals surface area contributed by atoms with E-state index in [1.807, 2.05) is 6.07 Å². The number of nitrogens with one attached hydrogen (secondary N) is 1. The second-order valence-corrected chi connectivity index (χ2v) is 3.77. The molecule has 1 N–H and O–H groups in total. The molecular formula is C8H8N2S2. The summed E-state index contributed by atoms with van der Waals surface area (Å²) in [5.74, 6) is 0. The Balaban J connectivity index is 2.82. The molecule has 0 aliphatic rings. The van der Waals surface area contributed by atoms with Crippen molar-refractivity contribution >= 4 is 33.5 Å². The fourth-order valence-electron chi connectivity index (χ4n) is 1.22. The molecule has 0 fully saturated rings. The van der Waals surface area contributed by atoms with Crippen LogP contribution in [0.15, 0.2) is 23.4 Å². The smallest absolute Gasteiger partial charge is 0.0932 e. The van der Waals surface area contributed by atoms with E-state index in [-0.39, 0.29) is 0 Å². The number of H-pyrrole nitrogens is 1. The number of aryl methyl sites for hydroxylation is 1. The Morgan fingerprint density at radius 3 is 3.08 bits per heavy atom. The molecule has 2 rings (SSSR count). The number of nitrogens with zero attached hydrogens (tertiary/aromatic N) is 1. The highest BCUT2D eigenvalue weighted by Gasteiger charge is 2.04. The van der Waals surface area contributed by atoms with Gasteiger partial charge in [-0.15, -0.1) is 11.7 Å². The molecule has 2 aromatic rings. The molecule has 1 aromatic carbocycles. The number of aromatic amines is 1. The molecule has 62 valence electrons. The summed E-state index contributed by atoms with van der Waals surface area (Å²) in [5, 5.41) is 0. The third kappa shape index (κ3) is 1.11. The first-order valence-corrected chi connectivity index (χ1v) is 5.44. The standard InChI is InChI=1S/C8H8N2S2/c1-5-2-3-6(12-11)8-7(5)9-4-10-8/h2-4,11H,1H3,(H,9,10). The lowest BCUT2D eigenvalue weighted by atomic mass is 10.2. The average molecular weight is 196 g/mol. The van der Waals surface area contributed by atoms with E-state index in [9.17, 15) is 0 Å². The maximum Gasteiger partial charge on any atom is 0.0932 e. The molecule has 2 nitrogen and oxygen atoms in total. The second-order valence-electron chi connectivity index (χ2n) is 2.60. The van der Waals surface area contributed by atoms with Gasteiger partial charge in [0.1, 0.15) is 0 Å². The number of rotatable bonds is 1. The van der Waals surface area contributed by atoms with Gasteiger partial charge in [-0.05, 0) is 18.6 Å². The molecule has 0 atom stereocenters. The summed E-state index contributed by atoms with van der Waals surface area (Å²) < 4.78 is 0. The quantitative estimate of drug-likeness (QED) is 0.542. The fourth-order valence-corrected chi connectivity index (χ4v) is 2.05. The van der Waals surface area contributed by atoms with Gasteiger partial charge in [-0.2, -0.15) is 0 Å². The van der Waals surface area contributed by atoms with Crippen LogP contribution in [-0.2, 0) is 0 Å². The van der Waals surface area contributed by atoms with Crippen LogP contribution in [0.3, 0.4) is 0 Å². The lowest BCUT2D eigenvalue weighted by Gasteiger charge is -1.98. The Kier molecular flexibility index (Phi) is 2.02. The summed E-state index contributed by atoms with van der Waals surface area (Å²) in [5.41, 5.74) is 3.31. The number of fused-ring (bicyclic) bond motifs is 1. The zero-order valence-corrected chi connectivity index (χ0v) is 8.25. The van der Waals surface area contributed by atoms with Crippen LogP contribution in [0.5, 0.6) is 0 Å². The number of imidazole rings is 1. The Bertz CT molecular complexity index is 408. The lowest BCUT2D eigenvalue weighted by Crippen LogP contribution is -1.78. The molecule has 12 heavy (non-hydrogen) atoms. The summed E-state index contributed by atoms with van der Waals surface area (Å²) in [6, 6.07) is 4.11. The van der Waals surface area contributed by atoms with Crippen molar-refractivity contribution in [2.45, 2.75) is 11.8 Å². The molecule has 0 amide bonds. The minimum Gasteiger partial charge on any atom is -0.344 e. The predicted molar refractivity (Wildman–Crippen MR) is 55.7 cm³/mol. The third-order valence-electron chi connectivity index (χ3n) is 1.84. The lowest BCUT2D eigenvalue weighted by molar-refractivity contribution is 1.33. The van der Waals surface area contributed by atoms with Gasteiger partial charge in [0.25, 0.3) is 0 Å². The Hall–Kier alpha value is -0.610. The van der Waals surface area contributed by atoms with Crippen molar-refractivity contribution in [2.75, 3.05) is 0 Å². The van der Waals surface area contributed by atoms with Gasteiger partial charge in [-0.1, -0.05) is 16.9 Å². The van der Waals surface area contributed by atoms with Gasteiger partial charge in [0.2, 0.25) is 0 Å². The number of thiol groups is 1. The van der Waals surface area contributed by atoms with E-state index < -0.39 is 0 Å². The SMILES string of the molecule is Cc1ccc(SS)c2[nH]cnc12. The zero-order valence-electron chi connectivity index (χ0n) is 6.53. The molecule has 0 spiro atoms. The van der Waals surface area contributed by atoms with Gasteiger partial charge in [-0.3, -0.25) is 0 Å². The molecule has 1 heterocycles. The van der Waals surface area contributed by atoms with Crippen LogP contribution in [0.2, 0.25) is 0 Å². The Morgan fingerprint density at radius 2 is 2.33 bits per heavy atom. The van der Waals surface area contributed by atoms with E-state index >= 15 is 0 Å². The van der Waals surface area contributed by atoms with Crippen molar-refractivity contribution in [2.24, 2.45) is 0 Å². The normalized spacial score (nSPS) is 10.8. The van der Waals surface area contributed by atoms with Gasteiger partial charge in [0, 0.05) is 4.90 Å². The van der Waals surface area contributed by atoms with Gasteiger partial charge >= 0.3 is 0 Å². The Morgan fingerprint density at radius 1 is 1.50 bits per heavy atom. The van der Waals surface area contributed by atoms with Crippen LogP contribution in [0, 0.1) is 6.92 Å². The summed E-state index contributed by atoms with van der Waals surface area (Å²) in [6.07, 6.45) is 1.71. The average Bonchev–Trinajstić information content (AvgIpc) is 2.54. The highest BCUT2D eigenvalue weighted by molar-refractivity contribution is 8.68. The monoisotopic (exact) mass is 196 g/mol. The van der Waals surface area contributed by atoms with Crippen LogP contribution in [-0.4, -0.2) is 9.97 Å². The van der Waals surface area contributed by atoms with Crippen LogP contribution in [0.4, 0.5) is 0 Å². The molecule has 0 saturated heterocycles. The zero-order chi connectivity index (χ0) is 8.55. The van der Waals surface area contributed by atoms with E-state index in [1.165, 1.54) is 16.4 Å². The van der Waals surface area contributed by atoms with Gasteiger partial charge in [0.05, 0.1) is 17.4 Å². The first-order chi connectivity index (χ1) is 5.83. The molecule has 0 bridgehead atoms. The topological polar surface area (TPSA) is 28.7 Å². The molecule has 4 heteroatoms. The number of hydrogen-bond donors (Lipinski definition) is 2. The van der Waals surface area contributed by atoms with Crippen molar-refractivity contribution in [3.8, 4) is 0 Å². The molecule has 0 radical (unpaired) electrons. The molecule has 1 aromatic heterocycles. The summed E-state index contributed by atoms with van der Waals surface area (Å²) in [4.78, 5) is 8.44. The first kappa shape index (κ1) is 8.01. The molecular weight excluding hydrogens is 188 g/mol. The van der Waals surface area contributed by atoms with Crippen molar-refractivity contribution in [1.29, 1.82) is 0 Å². The fraction of sp³-hybridized carbons (Fsp3) is 0.125. The summed E-state index contributed by atoms with van der Waals surface area (Å²) in [7, 11) is 1.43. The van der Waals surface area contributed by atoms with E-state index in [4.69, 9.17) is 0 Å². The maximum absolute atomic E-state index is 4.22. The van der Waals surface area contributed by atoms with Crippen LogP contribution < -0.4 is 0 Å². The highest BCUT2D eigenvalue weighted by Crippen LogP contribution is 2.29. The van der Waals surface area contributed by atoms with E-state index in [2.05, 4.69) is 34.6 Å². The van der Waals surface area contributed by atoms with Gasteiger partial charge < -0.3 is 4.98 Å². The van der Waals surface area contributed by atoms with Crippen molar-refractivity contribution in [1.82, 2.24) is 9.97 Å². The van der Waals surface area contributed by atoms with E-state index in [0.717, 1.165) is 15.9 Å². The largest absolute Gasteiger partial charge is 0.344 e. The predicted octanol–water partition coefficient (Wildman–Crippen LogP) is 2.81. The summed E-state index contributed by atoms with van der Waals surface area (Å²) >= 11 is 4.16. The van der Waals surface area contributed by atoms with Crippen molar-refractivity contribution in [3.63, 3.8) is 0 Å². The van der Waals surface area contributed by atoms with Crippen LogP contribution >= 0.6 is 22.5 Å². The molecule has 0 unspecified atom stereocenters. The number of hydrogen-bond acceptors (Lipinski definition) is 3. The minimum atomic E-state index is 1.04. The second kappa shape index (κ2) is 3.03. The van der Waals surface area contributed by atoms with Gasteiger partial charge in [0.15, 0.2) is 0 Å². The highest BCUT2D eigenvalue weighted by atomic mass is 33.1. The number of aromatic nitrogens is 2. The van der Waals surface area contributed by atoms with Crippen molar-refractivity contribution in [3.05, 3.63) is 24.0 Å². The van der Waals surface area contributed by atoms with E-state index in [1.54, 1.807) is 6.33 Å². The number of benzene rings is 1. The molecule has 0 aliphatic heterocycles. The summed E-state index contributed by atoms with van der Waals surface area (Å²) in [6.45, 7) is 2.05. The first-order valence-electron chi connectivity index (χ1n) is 3.57. The van der Waals surface area contributed by atoms with Crippen molar-refractivity contribution < 1.29 is 0 Å².